The summed E-state index contributed by atoms with van der Waals surface area (Å²) < 4.78 is 1.23. The minimum atomic E-state index is 0.614. The van der Waals surface area contributed by atoms with Crippen LogP contribution >= 0.6 is 48.0 Å². The summed E-state index contributed by atoms with van der Waals surface area (Å²) in [6.45, 7) is 3.74. The number of aromatic nitrogens is 1. The van der Waals surface area contributed by atoms with E-state index in [2.05, 4.69) is 26.0 Å². The molecule has 22 heavy (non-hydrogen) atoms. The predicted octanol–water partition coefficient (Wildman–Crippen LogP) is 3.00. The quantitative estimate of drug-likeness (QED) is 0.479. The number of nitrogens with zero attached hydrogens (tertiary/aromatic N) is 3. The first-order chi connectivity index (χ1) is 10.5. The number of nitrogens with one attached hydrogen (secondary N) is 2. The maximum absolute atomic E-state index is 5.04. The fraction of sp³-hybridized carbons (Fsp3) is 0.308. The summed E-state index contributed by atoms with van der Waals surface area (Å²) in [5.41, 5.74) is 8.63. The molecule has 0 aliphatic rings. The molecule has 0 unspecified atom stereocenters. The van der Waals surface area contributed by atoms with E-state index in [0.29, 0.717) is 8.64 Å². The van der Waals surface area contributed by atoms with Crippen molar-refractivity contribution in [2.45, 2.75) is 13.8 Å². The molecule has 0 saturated heterocycles. The van der Waals surface area contributed by atoms with Gasteiger partial charge in [-0.25, -0.2) is 4.98 Å². The van der Waals surface area contributed by atoms with E-state index in [1.54, 1.807) is 0 Å². The van der Waals surface area contributed by atoms with Gasteiger partial charge in [-0.05, 0) is 38.5 Å². The smallest absolute Gasteiger partial charge is 0.153 e. The summed E-state index contributed by atoms with van der Waals surface area (Å²) in [5.74, 6) is 0. The lowest BCUT2D eigenvalue weighted by molar-refractivity contribution is 1.04. The Balaban J connectivity index is 2.89. The van der Waals surface area contributed by atoms with Gasteiger partial charge in [-0.15, -0.1) is 0 Å². The summed E-state index contributed by atoms with van der Waals surface area (Å²) in [7, 11) is 0. The zero-order chi connectivity index (χ0) is 16.5. The van der Waals surface area contributed by atoms with Gasteiger partial charge in [0.1, 0.15) is 0 Å². The van der Waals surface area contributed by atoms with E-state index in [1.165, 1.54) is 23.5 Å². The van der Waals surface area contributed by atoms with Gasteiger partial charge in [0.25, 0.3) is 0 Å². The molecule has 2 N–H and O–H groups in total. The molecule has 0 saturated carbocycles. The van der Waals surface area contributed by atoms with E-state index in [0.717, 1.165) is 22.8 Å². The molecule has 5 nitrogen and oxygen atoms in total. The molecular formula is C13H17N5S4. The predicted molar refractivity (Wildman–Crippen MR) is 107 cm³/mol. The van der Waals surface area contributed by atoms with Gasteiger partial charge in [-0.1, -0.05) is 54.0 Å². The topological polar surface area (TPSA) is 61.7 Å². The molecule has 0 aliphatic carbocycles. The van der Waals surface area contributed by atoms with Gasteiger partial charge in [-0.2, -0.15) is 10.2 Å². The van der Waals surface area contributed by atoms with Crippen LogP contribution in [-0.4, -0.2) is 37.6 Å². The van der Waals surface area contributed by atoms with Gasteiger partial charge in [0, 0.05) is 0 Å². The van der Waals surface area contributed by atoms with Crippen LogP contribution in [0.2, 0.25) is 0 Å². The second-order valence-electron chi connectivity index (χ2n) is 4.01. The standard InChI is InChI=1S/C13H17N5S4/c1-8(15-17-12(19)21-3)10-6-5-7-11(14-10)9(2)16-18-13(20)22-4/h5-7H,1-4H3,(H,17,19)(H,18,20)/b15-8+,16-9+. The van der Waals surface area contributed by atoms with Gasteiger partial charge < -0.3 is 0 Å². The summed E-state index contributed by atoms with van der Waals surface area (Å²) in [6.07, 6.45) is 3.79. The molecule has 0 amide bonds. The Kier molecular flexibility index (Phi) is 8.54. The highest BCUT2D eigenvalue weighted by Crippen LogP contribution is 2.04. The van der Waals surface area contributed by atoms with Crippen LogP contribution in [-0.2, 0) is 0 Å². The Hall–Kier alpha value is -1.03. The number of thioether (sulfide) groups is 2. The first-order valence-electron chi connectivity index (χ1n) is 6.22. The zero-order valence-corrected chi connectivity index (χ0v) is 16.0. The van der Waals surface area contributed by atoms with Gasteiger partial charge in [0.2, 0.25) is 0 Å². The molecule has 0 bridgehead atoms. The number of rotatable bonds is 4. The largest absolute Gasteiger partial charge is 0.262 e. The third-order valence-corrected chi connectivity index (χ3v) is 4.60. The number of hydrogen-bond acceptors (Lipinski definition) is 7. The highest BCUT2D eigenvalue weighted by molar-refractivity contribution is 8.22. The first kappa shape index (κ1) is 19.0. The molecular weight excluding hydrogens is 354 g/mol. The van der Waals surface area contributed by atoms with Crippen LogP contribution < -0.4 is 10.9 Å². The van der Waals surface area contributed by atoms with Crippen molar-refractivity contribution in [2.75, 3.05) is 12.5 Å². The van der Waals surface area contributed by atoms with Crippen molar-refractivity contribution in [1.82, 2.24) is 15.8 Å². The zero-order valence-electron chi connectivity index (χ0n) is 12.7. The third kappa shape index (κ3) is 6.39. The molecule has 0 atom stereocenters. The normalized spacial score (nSPS) is 12.0. The van der Waals surface area contributed by atoms with Gasteiger partial charge in [0.15, 0.2) is 8.64 Å². The van der Waals surface area contributed by atoms with E-state index in [4.69, 9.17) is 24.4 Å². The Morgan fingerprint density at radius 3 is 1.73 bits per heavy atom. The molecule has 0 radical (unpaired) electrons. The molecule has 0 fully saturated rings. The van der Waals surface area contributed by atoms with Crippen molar-refractivity contribution >= 4 is 68.0 Å². The van der Waals surface area contributed by atoms with Crippen molar-refractivity contribution < 1.29 is 0 Å². The van der Waals surface area contributed by atoms with E-state index < -0.39 is 0 Å². The van der Waals surface area contributed by atoms with Gasteiger partial charge >= 0.3 is 0 Å². The number of hydrazone groups is 2. The lowest BCUT2D eigenvalue weighted by Gasteiger charge is -2.06. The molecule has 9 heteroatoms. The van der Waals surface area contributed by atoms with Crippen LogP contribution in [0.3, 0.4) is 0 Å². The molecule has 118 valence electrons. The molecule has 1 heterocycles. The highest BCUT2D eigenvalue weighted by atomic mass is 32.2. The summed E-state index contributed by atoms with van der Waals surface area (Å²) in [4.78, 5) is 4.54. The van der Waals surface area contributed by atoms with Crippen molar-refractivity contribution in [2.24, 2.45) is 10.2 Å². The Morgan fingerprint density at radius 1 is 0.955 bits per heavy atom. The average Bonchev–Trinajstić information content (AvgIpc) is 2.56. The molecule has 0 spiro atoms. The Morgan fingerprint density at radius 2 is 1.36 bits per heavy atom. The van der Waals surface area contributed by atoms with Gasteiger partial charge in [0.05, 0.1) is 22.8 Å². The van der Waals surface area contributed by atoms with Crippen molar-refractivity contribution in [1.29, 1.82) is 0 Å². The molecule has 0 aromatic carbocycles. The monoisotopic (exact) mass is 371 g/mol. The fourth-order valence-corrected chi connectivity index (χ4v) is 1.67. The Labute approximate surface area is 149 Å². The minimum absolute atomic E-state index is 0.614. The van der Waals surface area contributed by atoms with Crippen LogP contribution in [0.25, 0.3) is 0 Å². The highest BCUT2D eigenvalue weighted by Gasteiger charge is 2.05. The van der Waals surface area contributed by atoms with Crippen LogP contribution in [0.4, 0.5) is 0 Å². The lowest BCUT2D eigenvalue weighted by Crippen LogP contribution is -2.16. The van der Waals surface area contributed by atoms with Gasteiger partial charge in [-0.3, -0.25) is 10.9 Å². The molecule has 0 aliphatic heterocycles. The second kappa shape index (κ2) is 9.88. The fourth-order valence-electron chi connectivity index (χ4n) is 1.30. The van der Waals surface area contributed by atoms with Crippen LogP contribution in [0.5, 0.6) is 0 Å². The third-order valence-electron chi connectivity index (χ3n) is 2.49. The van der Waals surface area contributed by atoms with E-state index >= 15 is 0 Å². The molecule has 1 aromatic rings. The van der Waals surface area contributed by atoms with Crippen molar-refractivity contribution in [3.05, 3.63) is 29.6 Å². The summed E-state index contributed by atoms with van der Waals surface area (Å²) in [5, 5.41) is 8.43. The maximum atomic E-state index is 5.04. The summed E-state index contributed by atoms with van der Waals surface area (Å²) >= 11 is 13.0. The second-order valence-corrected chi connectivity index (χ2v) is 6.98. The number of hydrogen-bond donors (Lipinski definition) is 2. The van der Waals surface area contributed by atoms with Crippen LogP contribution in [0.15, 0.2) is 28.4 Å². The molecule has 1 rings (SSSR count). The van der Waals surface area contributed by atoms with Crippen LogP contribution in [0, 0.1) is 0 Å². The van der Waals surface area contributed by atoms with E-state index in [1.807, 2.05) is 44.6 Å². The minimum Gasteiger partial charge on any atom is -0.262 e. The number of thiocarbonyl (C=S) groups is 2. The van der Waals surface area contributed by atoms with Crippen molar-refractivity contribution in [3.8, 4) is 0 Å². The average molecular weight is 372 g/mol. The number of pyridine rings is 1. The first-order valence-corrected chi connectivity index (χ1v) is 9.48. The Bertz CT molecular complexity index is 563. The van der Waals surface area contributed by atoms with Crippen LogP contribution in [0.1, 0.15) is 25.2 Å². The summed E-state index contributed by atoms with van der Waals surface area (Å²) in [6, 6.07) is 5.69. The lowest BCUT2D eigenvalue weighted by atomic mass is 10.2. The molecule has 1 aromatic heterocycles. The van der Waals surface area contributed by atoms with E-state index in [-0.39, 0.29) is 0 Å². The maximum Gasteiger partial charge on any atom is 0.153 e. The SMILES string of the molecule is CSC(=S)N/N=C(\C)c1cccc(/C(C)=N/NC(=S)SC)n1. The van der Waals surface area contributed by atoms with Crippen molar-refractivity contribution in [3.63, 3.8) is 0 Å². The van der Waals surface area contributed by atoms with E-state index in [9.17, 15) is 0 Å².